The average molecular weight is 291 g/mol. The van der Waals surface area contributed by atoms with Gasteiger partial charge < -0.3 is 9.84 Å². The largest absolute Gasteiger partial charge is 0.387 e. The molecule has 0 spiro atoms. The molecule has 2 rings (SSSR count). The van der Waals surface area contributed by atoms with Crippen molar-refractivity contribution in [1.82, 2.24) is 0 Å². The molecule has 0 aliphatic carbocycles. The number of ether oxygens (including phenoxy) is 1. The van der Waals surface area contributed by atoms with Crippen molar-refractivity contribution in [1.29, 1.82) is 0 Å². The number of thiophene rings is 1. The van der Waals surface area contributed by atoms with Crippen molar-refractivity contribution >= 4 is 27.3 Å². The van der Waals surface area contributed by atoms with Crippen LogP contribution in [0, 0.1) is 12.8 Å². The zero-order valence-corrected chi connectivity index (χ0v) is 11.1. The molecule has 1 saturated heterocycles. The van der Waals surface area contributed by atoms with E-state index in [-0.39, 0.29) is 6.10 Å². The van der Waals surface area contributed by atoms with E-state index in [1.165, 1.54) is 4.88 Å². The summed E-state index contributed by atoms with van der Waals surface area (Å²) in [5, 5.41) is 10.3. The first-order chi connectivity index (χ1) is 7.18. The van der Waals surface area contributed by atoms with Crippen LogP contribution in [0.5, 0.6) is 0 Å². The molecule has 0 saturated carbocycles. The molecule has 1 unspecified atom stereocenters. The minimum Gasteiger partial charge on any atom is -0.387 e. The lowest BCUT2D eigenvalue weighted by atomic mass is 9.93. The van der Waals surface area contributed by atoms with Crippen LogP contribution in [0.4, 0.5) is 0 Å². The van der Waals surface area contributed by atoms with Crippen molar-refractivity contribution in [3.05, 3.63) is 20.3 Å². The first-order valence-corrected chi connectivity index (χ1v) is 6.81. The maximum Gasteiger partial charge on any atom is 0.0923 e. The molecular formula is C11H15BrO2S. The van der Waals surface area contributed by atoms with Gasteiger partial charge in [0, 0.05) is 27.4 Å². The van der Waals surface area contributed by atoms with Crippen molar-refractivity contribution in [2.75, 3.05) is 13.2 Å². The Labute approximate surface area is 102 Å². The molecule has 2 nitrogen and oxygen atoms in total. The highest BCUT2D eigenvalue weighted by molar-refractivity contribution is 9.10. The van der Waals surface area contributed by atoms with Crippen LogP contribution in [-0.4, -0.2) is 18.3 Å². The second-order valence-electron chi connectivity index (χ2n) is 3.96. The first kappa shape index (κ1) is 11.6. The number of aryl methyl sites for hydroxylation is 1. The van der Waals surface area contributed by atoms with Crippen molar-refractivity contribution in [2.45, 2.75) is 25.9 Å². The lowest BCUT2D eigenvalue weighted by molar-refractivity contribution is 0.00830. The van der Waals surface area contributed by atoms with Crippen molar-refractivity contribution in [2.24, 2.45) is 5.92 Å². The molecule has 1 aromatic heterocycles. The third-order valence-electron chi connectivity index (χ3n) is 2.82. The van der Waals surface area contributed by atoms with Gasteiger partial charge in [-0.1, -0.05) is 0 Å². The zero-order valence-electron chi connectivity index (χ0n) is 8.70. The molecule has 0 aromatic carbocycles. The maximum atomic E-state index is 10.3. The van der Waals surface area contributed by atoms with Gasteiger partial charge in [0.1, 0.15) is 0 Å². The van der Waals surface area contributed by atoms with E-state index in [1.54, 1.807) is 11.3 Å². The number of aliphatic hydroxyl groups is 1. The Balaban J connectivity index is 2.12. The number of halogens is 1. The molecule has 1 aromatic rings. The monoisotopic (exact) mass is 290 g/mol. The first-order valence-electron chi connectivity index (χ1n) is 5.20. The van der Waals surface area contributed by atoms with E-state index in [0.717, 1.165) is 35.4 Å². The Kier molecular flexibility index (Phi) is 3.83. The summed E-state index contributed by atoms with van der Waals surface area (Å²) in [5.74, 6) is 0.355. The van der Waals surface area contributed by atoms with E-state index < -0.39 is 0 Å². The van der Waals surface area contributed by atoms with Crippen LogP contribution in [0.3, 0.4) is 0 Å². The lowest BCUT2D eigenvalue weighted by Crippen LogP contribution is -2.21. The molecule has 1 atom stereocenters. The maximum absolute atomic E-state index is 10.3. The summed E-state index contributed by atoms with van der Waals surface area (Å²) in [5.41, 5.74) is 0. The van der Waals surface area contributed by atoms with Crippen LogP contribution in [-0.2, 0) is 4.74 Å². The predicted octanol–water partition coefficient (Wildman–Crippen LogP) is 3.28. The van der Waals surface area contributed by atoms with Gasteiger partial charge >= 0.3 is 0 Å². The van der Waals surface area contributed by atoms with Gasteiger partial charge in [-0.25, -0.2) is 0 Å². The Morgan fingerprint density at radius 2 is 2.20 bits per heavy atom. The molecule has 15 heavy (non-hydrogen) atoms. The van der Waals surface area contributed by atoms with Crippen LogP contribution in [0.25, 0.3) is 0 Å². The average Bonchev–Trinajstić information content (AvgIpc) is 2.58. The Morgan fingerprint density at radius 3 is 2.73 bits per heavy atom. The normalized spacial score (nSPS) is 20.5. The van der Waals surface area contributed by atoms with Gasteiger partial charge in [0.15, 0.2) is 0 Å². The molecule has 4 heteroatoms. The molecule has 84 valence electrons. The molecular weight excluding hydrogens is 276 g/mol. The summed E-state index contributed by atoms with van der Waals surface area (Å²) in [6, 6.07) is 2.07. The molecule has 0 bridgehead atoms. The van der Waals surface area contributed by atoms with E-state index in [2.05, 4.69) is 28.9 Å². The minimum atomic E-state index is -0.332. The topological polar surface area (TPSA) is 29.5 Å². The van der Waals surface area contributed by atoms with Crippen LogP contribution in [0.2, 0.25) is 0 Å². The van der Waals surface area contributed by atoms with Gasteiger partial charge in [0.2, 0.25) is 0 Å². The number of rotatable bonds is 2. The van der Waals surface area contributed by atoms with Crippen LogP contribution in [0.15, 0.2) is 10.5 Å². The van der Waals surface area contributed by atoms with Crippen LogP contribution in [0.1, 0.15) is 28.7 Å². The third kappa shape index (κ3) is 2.61. The molecule has 0 amide bonds. The van der Waals surface area contributed by atoms with Crippen molar-refractivity contribution in [3.8, 4) is 0 Å². The van der Waals surface area contributed by atoms with Gasteiger partial charge in [0.25, 0.3) is 0 Å². The van der Waals surface area contributed by atoms with Crippen molar-refractivity contribution in [3.63, 3.8) is 0 Å². The minimum absolute atomic E-state index is 0.332. The fraction of sp³-hybridized carbons (Fsp3) is 0.636. The summed E-state index contributed by atoms with van der Waals surface area (Å²) in [6.45, 7) is 3.63. The number of hydrogen-bond acceptors (Lipinski definition) is 3. The quantitative estimate of drug-likeness (QED) is 0.906. The molecule has 1 N–H and O–H groups in total. The van der Waals surface area contributed by atoms with E-state index in [0.29, 0.717) is 5.92 Å². The van der Waals surface area contributed by atoms with E-state index in [4.69, 9.17) is 4.74 Å². The predicted molar refractivity (Wildman–Crippen MR) is 65.3 cm³/mol. The fourth-order valence-corrected chi connectivity index (χ4v) is 3.91. The van der Waals surface area contributed by atoms with Gasteiger partial charge in [-0.3, -0.25) is 0 Å². The number of hydrogen-bond donors (Lipinski definition) is 1. The highest BCUT2D eigenvalue weighted by Crippen LogP contribution is 2.38. The highest BCUT2D eigenvalue weighted by Gasteiger charge is 2.26. The second kappa shape index (κ2) is 4.95. The van der Waals surface area contributed by atoms with Gasteiger partial charge in [-0.2, -0.15) is 0 Å². The lowest BCUT2D eigenvalue weighted by Gasteiger charge is -2.26. The Hall–Kier alpha value is 0.1000. The summed E-state index contributed by atoms with van der Waals surface area (Å²) in [7, 11) is 0. The Bertz CT molecular complexity index is 331. The zero-order chi connectivity index (χ0) is 10.8. The summed E-state index contributed by atoms with van der Waals surface area (Å²) in [4.78, 5) is 2.31. The van der Waals surface area contributed by atoms with E-state index in [1.807, 2.05) is 0 Å². The molecule has 1 aliphatic rings. The van der Waals surface area contributed by atoms with E-state index in [9.17, 15) is 5.11 Å². The molecule has 1 aliphatic heterocycles. The fourth-order valence-electron chi connectivity index (χ4n) is 1.95. The summed E-state index contributed by atoms with van der Waals surface area (Å²) >= 11 is 5.18. The molecule has 0 radical (unpaired) electrons. The van der Waals surface area contributed by atoms with Crippen LogP contribution < -0.4 is 0 Å². The smallest absolute Gasteiger partial charge is 0.0923 e. The van der Waals surface area contributed by atoms with Gasteiger partial charge in [-0.05, 0) is 47.7 Å². The highest BCUT2D eigenvalue weighted by atomic mass is 79.9. The molecule has 1 fully saturated rings. The SMILES string of the molecule is Cc1cc(Br)c(C(O)C2CCOCC2)s1. The number of aliphatic hydroxyl groups excluding tert-OH is 1. The van der Waals surface area contributed by atoms with Crippen molar-refractivity contribution < 1.29 is 9.84 Å². The van der Waals surface area contributed by atoms with Crippen LogP contribution >= 0.6 is 27.3 Å². The van der Waals surface area contributed by atoms with E-state index >= 15 is 0 Å². The van der Waals surface area contributed by atoms with Gasteiger partial charge in [0.05, 0.1) is 6.10 Å². The third-order valence-corrected chi connectivity index (χ3v) is 4.86. The van der Waals surface area contributed by atoms with Gasteiger partial charge in [-0.15, -0.1) is 11.3 Å². The Morgan fingerprint density at radius 1 is 1.53 bits per heavy atom. The summed E-state index contributed by atoms with van der Waals surface area (Å²) < 4.78 is 6.35. The standard InChI is InChI=1S/C11H15BrO2S/c1-7-6-9(12)11(15-7)10(13)8-2-4-14-5-3-8/h6,8,10,13H,2-5H2,1H3. The summed E-state index contributed by atoms with van der Waals surface area (Å²) in [6.07, 6.45) is 1.59. The second-order valence-corrected chi connectivity index (χ2v) is 6.11. The molecule has 2 heterocycles.